The van der Waals surface area contributed by atoms with Gasteiger partial charge in [-0.25, -0.2) is 9.97 Å². The van der Waals surface area contributed by atoms with Crippen LogP contribution in [-0.4, -0.2) is 28.5 Å². The van der Waals surface area contributed by atoms with Gasteiger partial charge in [0.1, 0.15) is 12.1 Å². The standard InChI is InChI=1S/C9H11N3S2/c1-13-5-3-10-9-8-7(2-4-14-8)11-6-12-9/h2,4,6H,3,5H2,1H3,(H,10,11,12). The van der Waals surface area contributed by atoms with Crippen molar-refractivity contribution in [2.75, 3.05) is 23.9 Å². The predicted molar refractivity (Wildman–Crippen MR) is 64.3 cm³/mol. The molecular weight excluding hydrogens is 214 g/mol. The maximum absolute atomic E-state index is 4.23. The molecule has 0 aliphatic heterocycles. The van der Waals surface area contributed by atoms with E-state index >= 15 is 0 Å². The first-order valence-electron chi connectivity index (χ1n) is 4.33. The number of hydrogen-bond acceptors (Lipinski definition) is 5. The molecule has 0 saturated carbocycles. The van der Waals surface area contributed by atoms with Crippen LogP contribution >= 0.6 is 23.1 Å². The number of nitrogens with zero attached hydrogens (tertiary/aromatic N) is 2. The van der Waals surface area contributed by atoms with Crippen molar-refractivity contribution in [3.8, 4) is 0 Å². The summed E-state index contributed by atoms with van der Waals surface area (Å²) < 4.78 is 1.15. The first-order valence-corrected chi connectivity index (χ1v) is 6.60. The minimum absolute atomic E-state index is 0.950. The normalized spacial score (nSPS) is 10.6. The van der Waals surface area contributed by atoms with Crippen molar-refractivity contribution in [3.63, 3.8) is 0 Å². The highest BCUT2D eigenvalue weighted by Crippen LogP contribution is 2.24. The van der Waals surface area contributed by atoms with Crippen LogP contribution in [0.15, 0.2) is 17.8 Å². The van der Waals surface area contributed by atoms with E-state index in [1.54, 1.807) is 17.7 Å². The molecule has 3 nitrogen and oxygen atoms in total. The van der Waals surface area contributed by atoms with Crippen molar-refractivity contribution in [3.05, 3.63) is 17.8 Å². The van der Waals surface area contributed by atoms with E-state index in [2.05, 4.69) is 21.5 Å². The SMILES string of the molecule is CSCCNc1ncnc2ccsc12. The fourth-order valence-corrected chi connectivity index (χ4v) is 2.30. The van der Waals surface area contributed by atoms with E-state index in [1.807, 2.05) is 23.2 Å². The molecule has 0 aromatic carbocycles. The highest BCUT2D eigenvalue weighted by Gasteiger charge is 2.02. The second kappa shape index (κ2) is 4.61. The van der Waals surface area contributed by atoms with E-state index in [0.717, 1.165) is 28.3 Å². The Bertz CT molecular complexity index is 413. The quantitative estimate of drug-likeness (QED) is 0.811. The average molecular weight is 225 g/mol. The second-order valence-corrected chi connectivity index (χ2v) is 4.68. The van der Waals surface area contributed by atoms with Gasteiger partial charge in [-0.05, 0) is 17.7 Å². The van der Waals surface area contributed by atoms with E-state index in [0.29, 0.717) is 0 Å². The number of fused-ring (bicyclic) bond motifs is 1. The van der Waals surface area contributed by atoms with Gasteiger partial charge >= 0.3 is 0 Å². The largest absolute Gasteiger partial charge is 0.368 e. The van der Waals surface area contributed by atoms with Crippen LogP contribution in [0.25, 0.3) is 10.2 Å². The molecule has 0 aliphatic rings. The summed E-state index contributed by atoms with van der Waals surface area (Å²) in [4.78, 5) is 8.41. The Hall–Kier alpha value is -0.810. The molecule has 74 valence electrons. The number of aromatic nitrogens is 2. The molecule has 0 fully saturated rings. The molecule has 0 bridgehead atoms. The fourth-order valence-electron chi connectivity index (χ4n) is 1.19. The molecule has 0 saturated heterocycles. The molecule has 0 unspecified atom stereocenters. The Morgan fingerprint density at radius 1 is 1.50 bits per heavy atom. The topological polar surface area (TPSA) is 37.8 Å². The summed E-state index contributed by atoms with van der Waals surface area (Å²) in [6.45, 7) is 0.950. The van der Waals surface area contributed by atoms with Gasteiger partial charge in [-0.2, -0.15) is 11.8 Å². The lowest BCUT2D eigenvalue weighted by Gasteiger charge is -2.03. The lowest BCUT2D eigenvalue weighted by molar-refractivity contribution is 1.15. The monoisotopic (exact) mass is 225 g/mol. The van der Waals surface area contributed by atoms with Gasteiger partial charge in [-0.15, -0.1) is 11.3 Å². The van der Waals surface area contributed by atoms with Gasteiger partial charge in [0.2, 0.25) is 0 Å². The number of hydrogen-bond donors (Lipinski definition) is 1. The van der Waals surface area contributed by atoms with Gasteiger partial charge in [-0.3, -0.25) is 0 Å². The van der Waals surface area contributed by atoms with E-state index in [9.17, 15) is 0 Å². The molecule has 2 heterocycles. The van der Waals surface area contributed by atoms with Crippen LogP contribution in [0.3, 0.4) is 0 Å². The number of anilines is 1. The van der Waals surface area contributed by atoms with E-state index in [4.69, 9.17) is 0 Å². The highest BCUT2D eigenvalue weighted by atomic mass is 32.2. The zero-order valence-electron chi connectivity index (χ0n) is 7.86. The predicted octanol–water partition coefficient (Wildman–Crippen LogP) is 2.47. The molecule has 0 atom stereocenters. The Kier molecular flexibility index (Phi) is 3.21. The third-order valence-corrected chi connectivity index (χ3v) is 3.36. The summed E-state index contributed by atoms with van der Waals surface area (Å²) in [5, 5.41) is 5.35. The molecular formula is C9H11N3S2. The van der Waals surface area contributed by atoms with Crippen LogP contribution < -0.4 is 5.32 Å². The zero-order valence-corrected chi connectivity index (χ0v) is 9.49. The first-order chi connectivity index (χ1) is 6.92. The number of thiophene rings is 1. The Balaban J connectivity index is 2.19. The number of rotatable bonds is 4. The molecule has 0 aliphatic carbocycles. The van der Waals surface area contributed by atoms with Gasteiger partial charge in [0.15, 0.2) is 0 Å². The van der Waals surface area contributed by atoms with Crippen molar-refractivity contribution < 1.29 is 0 Å². The second-order valence-electron chi connectivity index (χ2n) is 2.78. The summed E-state index contributed by atoms with van der Waals surface area (Å²) >= 11 is 3.50. The van der Waals surface area contributed by atoms with Gasteiger partial charge in [-0.1, -0.05) is 0 Å². The van der Waals surface area contributed by atoms with E-state index < -0.39 is 0 Å². The van der Waals surface area contributed by atoms with Crippen molar-refractivity contribution in [1.29, 1.82) is 0 Å². The Labute approximate surface area is 91.0 Å². The van der Waals surface area contributed by atoms with Crippen LogP contribution in [0.5, 0.6) is 0 Å². The summed E-state index contributed by atoms with van der Waals surface area (Å²) in [7, 11) is 0. The zero-order chi connectivity index (χ0) is 9.80. The van der Waals surface area contributed by atoms with Crippen LogP contribution in [0.2, 0.25) is 0 Å². The van der Waals surface area contributed by atoms with Gasteiger partial charge in [0, 0.05) is 12.3 Å². The van der Waals surface area contributed by atoms with Crippen LogP contribution in [-0.2, 0) is 0 Å². The number of thioether (sulfide) groups is 1. The molecule has 0 spiro atoms. The van der Waals surface area contributed by atoms with Gasteiger partial charge in [0.25, 0.3) is 0 Å². The number of nitrogens with one attached hydrogen (secondary N) is 1. The minimum atomic E-state index is 0.950. The van der Waals surface area contributed by atoms with Crippen molar-refractivity contribution in [1.82, 2.24) is 9.97 Å². The smallest absolute Gasteiger partial charge is 0.147 e. The Morgan fingerprint density at radius 2 is 2.43 bits per heavy atom. The van der Waals surface area contributed by atoms with Crippen LogP contribution in [0, 0.1) is 0 Å². The Morgan fingerprint density at radius 3 is 3.29 bits per heavy atom. The molecule has 5 heteroatoms. The molecule has 14 heavy (non-hydrogen) atoms. The summed E-state index contributed by atoms with van der Waals surface area (Å²) in [5.74, 6) is 2.05. The summed E-state index contributed by atoms with van der Waals surface area (Å²) in [6, 6.07) is 2.02. The lowest BCUT2D eigenvalue weighted by Crippen LogP contribution is -2.05. The molecule has 2 aromatic rings. The molecule has 1 N–H and O–H groups in total. The van der Waals surface area contributed by atoms with E-state index in [-0.39, 0.29) is 0 Å². The fraction of sp³-hybridized carbons (Fsp3) is 0.333. The van der Waals surface area contributed by atoms with Crippen LogP contribution in [0.4, 0.5) is 5.82 Å². The molecule has 0 radical (unpaired) electrons. The van der Waals surface area contributed by atoms with Gasteiger partial charge in [0.05, 0.1) is 10.2 Å². The van der Waals surface area contributed by atoms with Crippen molar-refractivity contribution >= 4 is 39.1 Å². The molecule has 2 rings (SSSR count). The minimum Gasteiger partial charge on any atom is -0.368 e. The third-order valence-electron chi connectivity index (χ3n) is 1.84. The van der Waals surface area contributed by atoms with E-state index in [1.165, 1.54) is 0 Å². The highest BCUT2D eigenvalue weighted by molar-refractivity contribution is 7.98. The maximum Gasteiger partial charge on any atom is 0.147 e. The molecule has 0 amide bonds. The van der Waals surface area contributed by atoms with Crippen LogP contribution in [0.1, 0.15) is 0 Å². The maximum atomic E-state index is 4.23. The molecule has 2 aromatic heterocycles. The summed E-state index contributed by atoms with van der Waals surface area (Å²) in [5.41, 5.74) is 1.02. The third kappa shape index (κ3) is 1.99. The summed E-state index contributed by atoms with van der Waals surface area (Å²) in [6.07, 6.45) is 3.71. The first kappa shape index (κ1) is 9.73. The van der Waals surface area contributed by atoms with Gasteiger partial charge < -0.3 is 5.32 Å². The average Bonchev–Trinajstić information content (AvgIpc) is 2.67. The lowest BCUT2D eigenvalue weighted by atomic mass is 10.4. The van der Waals surface area contributed by atoms with Crippen molar-refractivity contribution in [2.24, 2.45) is 0 Å². The van der Waals surface area contributed by atoms with Crippen molar-refractivity contribution in [2.45, 2.75) is 0 Å².